The molecule has 4 rings (SSSR count). The van der Waals surface area contributed by atoms with Crippen LogP contribution in [0.4, 0.5) is 0 Å². The average molecular weight is 263 g/mol. The molecule has 0 radical (unpaired) electrons. The van der Waals surface area contributed by atoms with Crippen LogP contribution in [0.2, 0.25) is 0 Å². The summed E-state index contributed by atoms with van der Waals surface area (Å²) in [4.78, 5) is 4.78. The maximum atomic E-state index is 4.78. The number of fused-ring (bicyclic) bond motifs is 2. The molecule has 0 saturated carbocycles. The highest BCUT2D eigenvalue weighted by atomic mass is 32.1. The van der Waals surface area contributed by atoms with Gasteiger partial charge in [0, 0.05) is 5.92 Å². The molecule has 3 aromatic rings. The molecular weight excluding hydrogens is 250 g/mol. The topological polar surface area (TPSA) is 12.9 Å². The minimum Gasteiger partial charge on any atom is -0.241 e. The highest BCUT2D eigenvalue weighted by Gasteiger charge is 2.18. The molecule has 1 nitrogen and oxygen atoms in total. The lowest BCUT2D eigenvalue weighted by Crippen LogP contribution is -2.04. The number of hydrogen-bond acceptors (Lipinski definition) is 2. The molecule has 0 aliphatic heterocycles. The summed E-state index contributed by atoms with van der Waals surface area (Å²) in [5, 5.41) is 1.23. The second-order valence-electron chi connectivity index (χ2n) is 4.89. The van der Waals surface area contributed by atoms with E-state index in [1.807, 2.05) is 11.3 Å². The summed E-state index contributed by atoms with van der Waals surface area (Å²) < 4.78 is 1.28. The van der Waals surface area contributed by atoms with Crippen molar-refractivity contribution < 1.29 is 0 Å². The third-order valence-electron chi connectivity index (χ3n) is 3.63. The van der Waals surface area contributed by atoms with E-state index in [9.17, 15) is 0 Å². The van der Waals surface area contributed by atoms with Gasteiger partial charge in [-0.15, -0.1) is 11.3 Å². The van der Waals surface area contributed by atoms with Crippen LogP contribution >= 0.6 is 11.3 Å². The number of para-hydroxylation sites is 1. The lowest BCUT2D eigenvalue weighted by Gasteiger charge is -2.17. The number of nitrogens with zero attached hydrogens (tertiary/aromatic N) is 1. The largest absolute Gasteiger partial charge is 0.241 e. The monoisotopic (exact) mass is 263 g/mol. The van der Waals surface area contributed by atoms with Gasteiger partial charge in [0.05, 0.1) is 10.2 Å². The summed E-state index contributed by atoms with van der Waals surface area (Å²) in [7, 11) is 0. The van der Waals surface area contributed by atoms with Crippen LogP contribution in [0.1, 0.15) is 22.1 Å². The average Bonchev–Trinajstić information content (AvgIpc) is 2.90. The standard InChI is InChI=1S/C17H13NS/c1-2-6-13-11-14(10-9-12(13)5-1)17-18-15-7-3-4-8-16(15)19-17/h1-10,14H,11H2. The summed E-state index contributed by atoms with van der Waals surface area (Å²) in [6, 6.07) is 17.0. The highest BCUT2D eigenvalue weighted by molar-refractivity contribution is 7.18. The van der Waals surface area contributed by atoms with Gasteiger partial charge in [0.2, 0.25) is 0 Å². The smallest absolute Gasteiger partial charge is 0.101 e. The van der Waals surface area contributed by atoms with Crippen LogP contribution in [0.15, 0.2) is 54.6 Å². The van der Waals surface area contributed by atoms with E-state index in [1.165, 1.54) is 20.8 Å². The Bertz CT molecular complexity index is 737. The molecule has 1 aliphatic rings. The molecule has 1 atom stereocenters. The number of hydrogen-bond donors (Lipinski definition) is 0. The molecule has 1 unspecified atom stereocenters. The Labute approximate surface area is 116 Å². The Morgan fingerprint density at radius 1 is 1.00 bits per heavy atom. The van der Waals surface area contributed by atoms with E-state index in [-0.39, 0.29) is 0 Å². The van der Waals surface area contributed by atoms with Crippen molar-refractivity contribution in [3.8, 4) is 0 Å². The zero-order valence-electron chi connectivity index (χ0n) is 10.4. The van der Waals surface area contributed by atoms with E-state index in [0.29, 0.717) is 5.92 Å². The van der Waals surface area contributed by atoms with Gasteiger partial charge in [0.15, 0.2) is 0 Å². The third-order valence-corrected chi connectivity index (χ3v) is 4.80. The number of thiazole rings is 1. The molecule has 0 bridgehead atoms. The van der Waals surface area contributed by atoms with E-state index in [4.69, 9.17) is 4.98 Å². The van der Waals surface area contributed by atoms with Crippen LogP contribution < -0.4 is 0 Å². The van der Waals surface area contributed by atoms with E-state index in [0.717, 1.165) is 11.9 Å². The predicted molar refractivity (Wildman–Crippen MR) is 81.5 cm³/mol. The second kappa shape index (κ2) is 4.32. The lowest BCUT2D eigenvalue weighted by molar-refractivity contribution is 0.820. The maximum Gasteiger partial charge on any atom is 0.101 e. The SMILES string of the molecule is C1=CC(c2nc3ccccc3s2)Cc2ccccc21. The maximum absolute atomic E-state index is 4.78. The summed E-state index contributed by atoms with van der Waals surface area (Å²) in [5.41, 5.74) is 3.89. The predicted octanol–water partition coefficient (Wildman–Crippen LogP) is 4.65. The first kappa shape index (κ1) is 10.9. The highest BCUT2D eigenvalue weighted by Crippen LogP contribution is 2.34. The molecule has 0 N–H and O–H groups in total. The second-order valence-corrected chi connectivity index (χ2v) is 5.95. The van der Waals surface area contributed by atoms with Crippen LogP contribution in [-0.2, 0) is 6.42 Å². The molecule has 1 aromatic heterocycles. The first-order valence-corrected chi connectivity index (χ1v) is 7.33. The van der Waals surface area contributed by atoms with Crippen molar-refractivity contribution in [3.05, 3.63) is 70.7 Å². The van der Waals surface area contributed by atoms with Crippen molar-refractivity contribution >= 4 is 27.6 Å². The fraction of sp³-hybridized carbons (Fsp3) is 0.118. The van der Waals surface area contributed by atoms with Crippen LogP contribution in [0.5, 0.6) is 0 Å². The molecule has 2 aromatic carbocycles. The van der Waals surface area contributed by atoms with Crippen molar-refractivity contribution in [3.63, 3.8) is 0 Å². The molecule has 2 heteroatoms. The van der Waals surface area contributed by atoms with Gasteiger partial charge in [-0.1, -0.05) is 48.6 Å². The molecule has 0 amide bonds. The van der Waals surface area contributed by atoms with Gasteiger partial charge >= 0.3 is 0 Å². The van der Waals surface area contributed by atoms with Gasteiger partial charge in [-0.05, 0) is 29.7 Å². The van der Waals surface area contributed by atoms with Crippen molar-refractivity contribution in [1.29, 1.82) is 0 Å². The molecular formula is C17H13NS. The van der Waals surface area contributed by atoms with E-state index >= 15 is 0 Å². The van der Waals surface area contributed by atoms with Crippen LogP contribution in [0.25, 0.3) is 16.3 Å². The molecule has 0 saturated heterocycles. The summed E-state index contributed by atoms with van der Waals surface area (Å²) in [6.07, 6.45) is 5.59. The fourth-order valence-corrected chi connectivity index (χ4v) is 3.67. The number of rotatable bonds is 1. The number of allylic oxidation sites excluding steroid dienone is 1. The normalized spacial score (nSPS) is 17.6. The van der Waals surface area contributed by atoms with Crippen LogP contribution in [-0.4, -0.2) is 4.98 Å². The Morgan fingerprint density at radius 3 is 2.79 bits per heavy atom. The Balaban J connectivity index is 1.75. The van der Waals surface area contributed by atoms with E-state index < -0.39 is 0 Å². The molecule has 0 spiro atoms. The Kier molecular flexibility index (Phi) is 2.49. The third kappa shape index (κ3) is 1.89. The molecule has 1 heterocycles. The minimum absolute atomic E-state index is 0.423. The zero-order valence-corrected chi connectivity index (χ0v) is 11.2. The molecule has 19 heavy (non-hydrogen) atoms. The van der Waals surface area contributed by atoms with Gasteiger partial charge < -0.3 is 0 Å². The molecule has 92 valence electrons. The number of benzene rings is 2. The summed E-state index contributed by atoms with van der Waals surface area (Å²) >= 11 is 1.82. The summed E-state index contributed by atoms with van der Waals surface area (Å²) in [5.74, 6) is 0.423. The Hall–Kier alpha value is -1.93. The minimum atomic E-state index is 0.423. The van der Waals surface area contributed by atoms with Crippen LogP contribution in [0.3, 0.4) is 0 Å². The van der Waals surface area contributed by atoms with Gasteiger partial charge in [-0.3, -0.25) is 0 Å². The van der Waals surface area contributed by atoms with Gasteiger partial charge in [0.1, 0.15) is 5.01 Å². The van der Waals surface area contributed by atoms with E-state index in [1.54, 1.807) is 0 Å². The van der Waals surface area contributed by atoms with Crippen LogP contribution in [0, 0.1) is 0 Å². The molecule has 0 fully saturated rings. The quantitative estimate of drug-likeness (QED) is 0.622. The Morgan fingerprint density at radius 2 is 1.84 bits per heavy atom. The first-order valence-electron chi connectivity index (χ1n) is 6.52. The summed E-state index contributed by atoms with van der Waals surface area (Å²) in [6.45, 7) is 0. The lowest BCUT2D eigenvalue weighted by atomic mass is 9.90. The van der Waals surface area contributed by atoms with Crippen molar-refractivity contribution in [2.45, 2.75) is 12.3 Å². The zero-order chi connectivity index (χ0) is 12.7. The van der Waals surface area contributed by atoms with Gasteiger partial charge in [0.25, 0.3) is 0 Å². The molecule has 1 aliphatic carbocycles. The number of aromatic nitrogens is 1. The van der Waals surface area contributed by atoms with Crippen molar-refractivity contribution in [1.82, 2.24) is 4.98 Å². The van der Waals surface area contributed by atoms with Gasteiger partial charge in [-0.25, -0.2) is 4.98 Å². The fourth-order valence-electron chi connectivity index (χ4n) is 2.63. The first-order chi connectivity index (χ1) is 9.40. The van der Waals surface area contributed by atoms with Gasteiger partial charge in [-0.2, -0.15) is 0 Å². The van der Waals surface area contributed by atoms with Crippen molar-refractivity contribution in [2.24, 2.45) is 0 Å². The van der Waals surface area contributed by atoms with E-state index in [2.05, 4.69) is 60.7 Å². The van der Waals surface area contributed by atoms with Crippen molar-refractivity contribution in [2.75, 3.05) is 0 Å².